The molecule has 33 heavy (non-hydrogen) atoms. The van der Waals surface area contributed by atoms with E-state index < -0.39 is 11.8 Å². The highest BCUT2D eigenvalue weighted by Crippen LogP contribution is 2.30. The summed E-state index contributed by atoms with van der Waals surface area (Å²) in [4.78, 5) is 24.3. The lowest BCUT2D eigenvalue weighted by Gasteiger charge is -2.40. The number of nitrogens with one attached hydrogen (secondary N) is 1. The zero-order chi connectivity index (χ0) is 23.8. The molecule has 0 saturated carbocycles. The van der Waals surface area contributed by atoms with Gasteiger partial charge in [-0.1, -0.05) is 24.3 Å². The van der Waals surface area contributed by atoms with Crippen LogP contribution in [0.2, 0.25) is 0 Å². The van der Waals surface area contributed by atoms with Gasteiger partial charge in [-0.25, -0.2) is 14.7 Å². The van der Waals surface area contributed by atoms with Gasteiger partial charge in [-0.3, -0.25) is 4.90 Å². The first-order chi connectivity index (χ1) is 15.6. The number of rotatable bonds is 6. The average Bonchev–Trinajstić information content (AvgIpc) is 3.05. The minimum atomic E-state index is -1.45. The molecule has 3 atom stereocenters. The van der Waals surface area contributed by atoms with Crippen LogP contribution in [0.15, 0.2) is 36.5 Å². The molecule has 2 aliphatic heterocycles. The summed E-state index contributed by atoms with van der Waals surface area (Å²) < 4.78 is 4.96. The van der Waals surface area contributed by atoms with Crippen molar-refractivity contribution in [2.45, 2.75) is 63.9 Å². The van der Waals surface area contributed by atoms with Gasteiger partial charge in [0.15, 0.2) is 5.72 Å². The van der Waals surface area contributed by atoms with Crippen molar-refractivity contribution in [3.63, 3.8) is 0 Å². The number of nitrogens with two attached hydrogens (primary N) is 1. The predicted molar refractivity (Wildman–Crippen MR) is 127 cm³/mol. The molecule has 178 valence electrons. The maximum atomic E-state index is 12.0. The van der Waals surface area contributed by atoms with Crippen LogP contribution in [0.4, 0.5) is 16.6 Å². The van der Waals surface area contributed by atoms with E-state index in [1.165, 1.54) is 12.5 Å². The summed E-state index contributed by atoms with van der Waals surface area (Å²) in [5.74, 6) is 0.651. The van der Waals surface area contributed by atoms with E-state index in [1.807, 2.05) is 6.92 Å². The Morgan fingerprint density at radius 3 is 2.36 bits per heavy atom. The van der Waals surface area contributed by atoms with Gasteiger partial charge in [0.25, 0.3) is 0 Å². The number of hydrogen-bond donors (Lipinski definition) is 3. The lowest BCUT2D eigenvalue weighted by atomic mass is 9.89. The van der Waals surface area contributed by atoms with E-state index in [4.69, 9.17) is 10.5 Å². The molecule has 2 aromatic rings. The minimum Gasteiger partial charge on any atom is -0.444 e. The molecule has 1 aromatic carbocycles. The van der Waals surface area contributed by atoms with E-state index in [-0.39, 0.29) is 24.0 Å². The number of aliphatic hydroxyl groups is 1. The van der Waals surface area contributed by atoms with Gasteiger partial charge in [0.05, 0.1) is 6.04 Å². The molecule has 0 bridgehead atoms. The van der Waals surface area contributed by atoms with E-state index in [0.29, 0.717) is 12.0 Å². The summed E-state index contributed by atoms with van der Waals surface area (Å²) in [5, 5.41) is 13.7. The second kappa shape index (κ2) is 8.89. The van der Waals surface area contributed by atoms with Crippen LogP contribution in [0.25, 0.3) is 0 Å². The normalized spacial score (nSPS) is 24.9. The molecule has 0 spiro atoms. The second-order valence-electron chi connectivity index (χ2n) is 9.74. The Morgan fingerprint density at radius 1 is 1.12 bits per heavy atom. The number of aromatic nitrogens is 2. The van der Waals surface area contributed by atoms with E-state index in [2.05, 4.69) is 58.3 Å². The molecule has 4 N–H and O–H groups in total. The van der Waals surface area contributed by atoms with Gasteiger partial charge in [0, 0.05) is 30.9 Å². The van der Waals surface area contributed by atoms with Crippen LogP contribution in [0.1, 0.15) is 63.7 Å². The lowest BCUT2D eigenvalue weighted by Crippen LogP contribution is -2.48. The van der Waals surface area contributed by atoms with Gasteiger partial charge >= 0.3 is 6.09 Å². The number of ether oxygens (including phenoxy) is 1. The van der Waals surface area contributed by atoms with Crippen LogP contribution in [0, 0.1) is 0 Å². The molecule has 1 amide bonds. The second-order valence-corrected chi connectivity index (χ2v) is 9.74. The maximum Gasteiger partial charge on any atom is 0.418 e. The Kier molecular flexibility index (Phi) is 6.30. The summed E-state index contributed by atoms with van der Waals surface area (Å²) in [6, 6.07) is 10.4. The minimum absolute atomic E-state index is 0.0502. The molecule has 0 radical (unpaired) electrons. The molecule has 1 unspecified atom stereocenters. The summed E-state index contributed by atoms with van der Waals surface area (Å²) in [6.07, 6.45) is 2.95. The Hall–Kier alpha value is -2.75. The van der Waals surface area contributed by atoms with Crippen LogP contribution in [0.3, 0.4) is 0 Å². The molecule has 0 aliphatic carbocycles. The monoisotopic (exact) mass is 454 g/mol. The SMILES string of the molecule is CC(c1ccc([C@H](C)Nc2nccc(N3C(=O)OC[C@]3(C)O)n2)cc1)N1CCC(C)(N)CC1. The van der Waals surface area contributed by atoms with Crippen LogP contribution in [-0.4, -0.2) is 57.0 Å². The Morgan fingerprint density at radius 2 is 1.76 bits per heavy atom. The topological polar surface area (TPSA) is 117 Å². The Labute approximate surface area is 195 Å². The predicted octanol–water partition coefficient (Wildman–Crippen LogP) is 3.19. The number of nitrogens with zero attached hydrogens (tertiary/aromatic N) is 4. The summed E-state index contributed by atoms with van der Waals surface area (Å²) in [7, 11) is 0. The van der Waals surface area contributed by atoms with Crippen molar-refractivity contribution in [2.24, 2.45) is 5.73 Å². The van der Waals surface area contributed by atoms with E-state index in [1.54, 1.807) is 12.3 Å². The van der Waals surface area contributed by atoms with Crippen LogP contribution in [-0.2, 0) is 4.74 Å². The summed E-state index contributed by atoms with van der Waals surface area (Å²) in [6.45, 7) is 9.84. The van der Waals surface area contributed by atoms with Crippen molar-refractivity contribution in [2.75, 3.05) is 29.9 Å². The molecular weight excluding hydrogens is 420 g/mol. The van der Waals surface area contributed by atoms with Crippen molar-refractivity contribution in [3.8, 4) is 0 Å². The highest BCUT2D eigenvalue weighted by molar-refractivity contribution is 5.89. The van der Waals surface area contributed by atoms with Gasteiger partial charge in [0.1, 0.15) is 12.4 Å². The highest BCUT2D eigenvalue weighted by atomic mass is 16.6. The van der Waals surface area contributed by atoms with Gasteiger partial charge in [-0.15, -0.1) is 0 Å². The first kappa shape index (κ1) is 23.4. The highest BCUT2D eigenvalue weighted by Gasteiger charge is 2.44. The van der Waals surface area contributed by atoms with Crippen molar-refractivity contribution < 1.29 is 14.6 Å². The van der Waals surface area contributed by atoms with Crippen LogP contribution >= 0.6 is 0 Å². The van der Waals surface area contributed by atoms with Gasteiger partial charge < -0.3 is 20.9 Å². The van der Waals surface area contributed by atoms with Gasteiger partial charge in [-0.2, -0.15) is 4.98 Å². The van der Waals surface area contributed by atoms with Crippen molar-refractivity contribution in [3.05, 3.63) is 47.7 Å². The number of likely N-dealkylation sites (tertiary alicyclic amines) is 1. The number of carbonyl (C=O) groups excluding carboxylic acids is 1. The van der Waals surface area contributed by atoms with Crippen molar-refractivity contribution >= 4 is 17.9 Å². The average molecular weight is 455 g/mol. The third kappa shape index (κ3) is 5.10. The summed E-state index contributed by atoms with van der Waals surface area (Å²) >= 11 is 0. The fraction of sp³-hybridized carbons (Fsp3) is 0.542. The fourth-order valence-electron chi connectivity index (χ4n) is 4.38. The molecule has 2 aliphatic rings. The standard InChI is InChI=1S/C24H34N6O3/c1-16(27-21-26-12-9-20(28-21)30-22(31)33-15-24(30,4)32)18-5-7-19(8-6-18)17(2)29-13-10-23(3,25)11-14-29/h5-9,12,16-17,32H,10-11,13-15,25H2,1-4H3,(H,26,27,28)/t16-,17?,24-/m0/s1. The molecule has 2 fully saturated rings. The number of anilines is 2. The quantitative estimate of drug-likeness (QED) is 0.609. The molecule has 3 heterocycles. The Balaban J connectivity index is 1.41. The molecule has 4 rings (SSSR count). The van der Waals surface area contributed by atoms with Crippen molar-refractivity contribution in [1.82, 2.24) is 14.9 Å². The maximum absolute atomic E-state index is 12.0. The number of piperidine rings is 1. The number of carbonyl (C=O) groups is 1. The van der Waals surface area contributed by atoms with E-state index in [0.717, 1.165) is 36.4 Å². The molecule has 9 nitrogen and oxygen atoms in total. The van der Waals surface area contributed by atoms with Crippen LogP contribution < -0.4 is 16.0 Å². The van der Waals surface area contributed by atoms with Gasteiger partial charge in [0.2, 0.25) is 5.95 Å². The van der Waals surface area contributed by atoms with Crippen molar-refractivity contribution in [1.29, 1.82) is 0 Å². The number of hydrogen-bond acceptors (Lipinski definition) is 8. The number of cyclic esters (lactones) is 1. The first-order valence-corrected chi connectivity index (χ1v) is 11.5. The molecule has 9 heteroatoms. The zero-order valence-electron chi connectivity index (χ0n) is 19.8. The first-order valence-electron chi connectivity index (χ1n) is 11.5. The largest absolute Gasteiger partial charge is 0.444 e. The van der Waals surface area contributed by atoms with E-state index in [9.17, 15) is 9.90 Å². The van der Waals surface area contributed by atoms with Crippen LogP contribution in [0.5, 0.6) is 0 Å². The van der Waals surface area contributed by atoms with E-state index >= 15 is 0 Å². The fourth-order valence-corrected chi connectivity index (χ4v) is 4.38. The molecule has 1 aromatic heterocycles. The molecular formula is C24H34N6O3. The zero-order valence-corrected chi connectivity index (χ0v) is 19.8. The lowest BCUT2D eigenvalue weighted by molar-refractivity contribution is 0.0475. The molecule has 2 saturated heterocycles. The summed E-state index contributed by atoms with van der Waals surface area (Å²) in [5.41, 5.74) is 7.16. The Bertz CT molecular complexity index is 984. The number of amides is 1. The third-order valence-corrected chi connectivity index (χ3v) is 6.76. The number of benzene rings is 1. The van der Waals surface area contributed by atoms with Gasteiger partial charge in [-0.05, 0) is 57.7 Å². The third-order valence-electron chi connectivity index (χ3n) is 6.76. The smallest absolute Gasteiger partial charge is 0.418 e.